The topological polar surface area (TPSA) is 35.6 Å². The van der Waals surface area contributed by atoms with Crippen LogP contribution >= 0.6 is 0 Å². The molecule has 3 aromatic rings. The van der Waals surface area contributed by atoms with Crippen molar-refractivity contribution in [1.82, 2.24) is 4.57 Å². The van der Waals surface area contributed by atoms with Gasteiger partial charge in [0.1, 0.15) is 17.3 Å². The minimum Gasteiger partial charge on any atom is -0.461 e. The van der Waals surface area contributed by atoms with E-state index in [1.807, 2.05) is 6.92 Å². The van der Waals surface area contributed by atoms with Gasteiger partial charge < -0.3 is 9.30 Å². The van der Waals surface area contributed by atoms with Crippen LogP contribution < -0.4 is 0 Å². The number of aromatic nitrogens is 1. The van der Waals surface area contributed by atoms with Crippen molar-refractivity contribution in [2.45, 2.75) is 20.3 Å². The zero-order chi connectivity index (χ0) is 21.1. The van der Waals surface area contributed by atoms with Crippen LogP contribution in [0.1, 0.15) is 30.0 Å². The maximum Gasteiger partial charge on any atom is 0.354 e. The highest BCUT2D eigenvalue weighted by Crippen LogP contribution is 2.40. The second-order valence-electron chi connectivity index (χ2n) is 6.47. The van der Waals surface area contributed by atoms with E-state index in [2.05, 4.69) is 4.85 Å². The van der Waals surface area contributed by atoms with E-state index in [9.17, 15) is 13.6 Å². The number of benzene rings is 2. The van der Waals surface area contributed by atoms with Crippen molar-refractivity contribution < 1.29 is 18.3 Å². The van der Waals surface area contributed by atoms with Crippen molar-refractivity contribution >= 4 is 11.7 Å². The number of rotatable bonds is 5. The lowest BCUT2D eigenvalue weighted by Crippen LogP contribution is -2.12. The van der Waals surface area contributed by atoms with Gasteiger partial charge >= 0.3 is 5.97 Å². The Hall–Kier alpha value is -3.46. The van der Waals surface area contributed by atoms with Crippen LogP contribution in [-0.4, -0.2) is 17.1 Å². The molecular formula is C23H20F2N2O2. The fourth-order valence-electron chi connectivity index (χ4n) is 3.49. The summed E-state index contributed by atoms with van der Waals surface area (Å²) in [7, 11) is 1.74. The summed E-state index contributed by atoms with van der Waals surface area (Å²) in [5.74, 6) is -1.79. The average Bonchev–Trinajstić information content (AvgIpc) is 2.99. The number of esters is 1. The molecule has 0 saturated carbocycles. The molecule has 0 aliphatic heterocycles. The third-order valence-electron chi connectivity index (χ3n) is 4.82. The number of hydrogen-bond acceptors (Lipinski definition) is 2. The average molecular weight is 394 g/mol. The van der Waals surface area contributed by atoms with Crippen molar-refractivity contribution in [1.29, 1.82) is 0 Å². The highest BCUT2D eigenvalue weighted by atomic mass is 19.1. The molecule has 0 N–H and O–H groups in total. The summed E-state index contributed by atoms with van der Waals surface area (Å²) in [6, 6.07) is 10.2. The molecule has 0 bridgehead atoms. The molecule has 0 atom stereocenters. The molecule has 2 aromatic carbocycles. The first-order valence-electron chi connectivity index (χ1n) is 9.24. The molecule has 6 heteroatoms. The SMILES string of the molecule is [C-]#[N+]c1c(-c2ccc(-c3ccc(F)cc3F)cc2)c(C(=O)OCC)n(C)c1CC. The molecule has 0 radical (unpaired) electrons. The van der Waals surface area contributed by atoms with Crippen LogP contribution in [0.2, 0.25) is 0 Å². The molecular weight excluding hydrogens is 374 g/mol. The minimum absolute atomic E-state index is 0.223. The van der Waals surface area contributed by atoms with Crippen molar-refractivity contribution in [3.63, 3.8) is 0 Å². The van der Waals surface area contributed by atoms with Gasteiger partial charge in [0.05, 0.1) is 13.2 Å². The fourth-order valence-corrected chi connectivity index (χ4v) is 3.49. The fraction of sp³-hybridized carbons (Fsp3) is 0.217. The molecule has 4 nitrogen and oxygen atoms in total. The van der Waals surface area contributed by atoms with Crippen LogP contribution in [0.3, 0.4) is 0 Å². The van der Waals surface area contributed by atoms with Crippen LogP contribution in [0.15, 0.2) is 42.5 Å². The molecule has 148 valence electrons. The van der Waals surface area contributed by atoms with Gasteiger partial charge in [0.15, 0.2) is 0 Å². The summed E-state index contributed by atoms with van der Waals surface area (Å²) in [6.45, 7) is 11.5. The first kappa shape index (κ1) is 20.3. The number of nitrogens with zero attached hydrogens (tertiary/aromatic N) is 2. The van der Waals surface area contributed by atoms with Gasteiger partial charge in [-0.05, 0) is 36.6 Å². The Morgan fingerprint density at radius 2 is 1.76 bits per heavy atom. The predicted octanol–water partition coefficient (Wildman–Crippen LogP) is 5.93. The third-order valence-corrected chi connectivity index (χ3v) is 4.82. The lowest BCUT2D eigenvalue weighted by atomic mass is 9.98. The Morgan fingerprint density at radius 1 is 1.10 bits per heavy atom. The number of ether oxygens (including phenoxy) is 1. The van der Waals surface area contributed by atoms with E-state index in [0.717, 1.165) is 11.8 Å². The number of carbonyl (C=O) groups excluding carboxylic acids is 1. The first-order chi connectivity index (χ1) is 13.9. The van der Waals surface area contributed by atoms with Gasteiger partial charge in [-0.25, -0.2) is 18.4 Å². The lowest BCUT2D eigenvalue weighted by molar-refractivity contribution is 0.0516. The maximum atomic E-state index is 14.1. The van der Waals surface area contributed by atoms with Gasteiger partial charge in [0.25, 0.3) is 0 Å². The van der Waals surface area contributed by atoms with Crippen LogP contribution in [-0.2, 0) is 18.2 Å². The van der Waals surface area contributed by atoms with E-state index < -0.39 is 17.6 Å². The maximum absolute atomic E-state index is 14.1. The summed E-state index contributed by atoms with van der Waals surface area (Å²) in [5.41, 5.74) is 3.46. The molecule has 1 aromatic heterocycles. The smallest absolute Gasteiger partial charge is 0.354 e. The van der Waals surface area contributed by atoms with E-state index in [1.54, 1.807) is 42.8 Å². The van der Waals surface area contributed by atoms with Crippen LogP contribution in [0.5, 0.6) is 0 Å². The van der Waals surface area contributed by atoms with Crippen molar-refractivity contribution in [2.24, 2.45) is 7.05 Å². The molecule has 0 saturated heterocycles. The number of halogens is 2. The van der Waals surface area contributed by atoms with Crippen molar-refractivity contribution in [3.05, 3.63) is 76.9 Å². The highest BCUT2D eigenvalue weighted by Gasteiger charge is 2.26. The molecule has 0 spiro atoms. The van der Waals surface area contributed by atoms with E-state index in [-0.39, 0.29) is 12.2 Å². The van der Waals surface area contributed by atoms with Crippen molar-refractivity contribution in [3.8, 4) is 22.3 Å². The summed E-state index contributed by atoms with van der Waals surface area (Å²) >= 11 is 0. The van der Waals surface area contributed by atoms with Crippen LogP contribution in [0.4, 0.5) is 14.5 Å². The van der Waals surface area contributed by atoms with E-state index in [1.165, 1.54) is 12.1 Å². The first-order valence-corrected chi connectivity index (χ1v) is 9.24. The molecule has 29 heavy (non-hydrogen) atoms. The highest BCUT2D eigenvalue weighted by molar-refractivity contribution is 6.01. The third kappa shape index (κ3) is 3.64. The number of carbonyl (C=O) groups is 1. The van der Waals surface area contributed by atoms with E-state index in [4.69, 9.17) is 11.3 Å². The standard InChI is InChI=1S/C23H20F2N2O2/c1-5-19-21(26-3)20(22(27(19)4)23(28)29-6-2)15-9-7-14(8-10-15)17-12-11-16(24)13-18(17)25/h7-13H,5-6H2,1-2,4H3. The summed E-state index contributed by atoms with van der Waals surface area (Å²) < 4.78 is 34.2. The lowest BCUT2D eigenvalue weighted by Gasteiger charge is -2.10. The Bertz CT molecular complexity index is 1110. The Kier molecular flexibility index (Phi) is 5.79. The van der Waals surface area contributed by atoms with Gasteiger partial charge in [-0.3, -0.25) is 0 Å². The monoisotopic (exact) mass is 394 g/mol. The Balaban J connectivity index is 2.15. The second-order valence-corrected chi connectivity index (χ2v) is 6.47. The van der Waals surface area contributed by atoms with Crippen LogP contribution in [0, 0.1) is 18.2 Å². The number of hydrogen-bond donors (Lipinski definition) is 0. The van der Waals surface area contributed by atoms with Crippen LogP contribution in [0.25, 0.3) is 27.1 Å². The largest absolute Gasteiger partial charge is 0.461 e. The quantitative estimate of drug-likeness (QED) is 0.397. The normalized spacial score (nSPS) is 10.6. The van der Waals surface area contributed by atoms with Gasteiger partial charge in [-0.1, -0.05) is 31.2 Å². The van der Waals surface area contributed by atoms with E-state index in [0.29, 0.717) is 34.5 Å². The zero-order valence-corrected chi connectivity index (χ0v) is 16.4. The van der Waals surface area contributed by atoms with Gasteiger partial charge in [-0.2, -0.15) is 0 Å². The van der Waals surface area contributed by atoms with Crippen molar-refractivity contribution in [2.75, 3.05) is 6.61 Å². The second kappa shape index (κ2) is 8.27. The van der Waals surface area contributed by atoms with E-state index >= 15 is 0 Å². The minimum atomic E-state index is -0.653. The summed E-state index contributed by atoms with van der Waals surface area (Å²) in [6.07, 6.45) is 0.583. The Morgan fingerprint density at radius 3 is 2.31 bits per heavy atom. The predicted molar refractivity (Wildman–Crippen MR) is 108 cm³/mol. The Labute approximate surface area is 168 Å². The molecule has 3 rings (SSSR count). The van der Waals surface area contributed by atoms with Gasteiger partial charge in [-0.15, -0.1) is 0 Å². The van der Waals surface area contributed by atoms with Gasteiger partial charge in [0, 0.05) is 29.9 Å². The zero-order valence-electron chi connectivity index (χ0n) is 16.4. The molecule has 0 aliphatic carbocycles. The molecule has 1 heterocycles. The van der Waals surface area contributed by atoms with Gasteiger partial charge in [0.2, 0.25) is 5.69 Å². The summed E-state index contributed by atoms with van der Waals surface area (Å²) in [4.78, 5) is 16.3. The molecule has 0 unspecified atom stereocenters. The molecule has 0 amide bonds. The summed E-state index contributed by atoms with van der Waals surface area (Å²) in [5, 5.41) is 0. The molecule has 0 fully saturated rings. The molecule has 0 aliphatic rings.